The molecule has 0 radical (unpaired) electrons. The molecule has 3 rings (SSSR count). The second-order valence-electron chi connectivity index (χ2n) is 5.61. The number of aliphatic hydroxyl groups excluding tert-OH is 1. The highest BCUT2D eigenvalue weighted by molar-refractivity contribution is 6.33. The average molecular weight is 346 g/mol. The number of nitrogens with zero attached hydrogens (tertiary/aromatic N) is 2. The minimum Gasteiger partial charge on any atom is -0.390 e. The first-order chi connectivity index (χ1) is 10.8. The number of halogens is 4. The van der Waals surface area contributed by atoms with E-state index < -0.39 is 24.9 Å². The van der Waals surface area contributed by atoms with Crippen molar-refractivity contribution >= 4 is 17.4 Å². The number of hydrogen-bond donors (Lipinski definition) is 2. The number of rotatable bonds is 2. The molecule has 2 atom stereocenters. The normalized spacial score (nSPS) is 21.0. The Morgan fingerprint density at radius 1 is 1.35 bits per heavy atom. The van der Waals surface area contributed by atoms with Crippen molar-refractivity contribution in [2.45, 2.75) is 38.2 Å². The molecule has 1 aromatic heterocycles. The monoisotopic (exact) mass is 345 g/mol. The Morgan fingerprint density at radius 3 is 2.57 bits per heavy atom. The van der Waals surface area contributed by atoms with Crippen LogP contribution in [0.3, 0.4) is 0 Å². The van der Waals surface area contributed by atoms with Crippen LogP contribution in [0.15, 0.2) is 24.3 Å². The lowest BCUT2D eigenvalue weighted by molar-refractivity contribution is -0.173. The molecule has 0 fully saturated rings. The van der Waals surface area contributed by atoms with Crippen molar-refractivity contribution in [3.63, 3.8) is 0 Å². The van der Waals surface area contributed by atoms with Gasteiger partial charge >= 0.3 is 6.18 Å². The molecule has 0 aliphatic carbocycles. The van der Waals surface area contributed by atoms with Gasteiger partial charge in [0.25, 0.3) is 0 Å². The van der Waals surface area contributed by atoms with Crippen LogP contribution in [0.1, 0.15) is 35.3 Å². The quantitative estimate of drug-likeness (QED) is 0.865. The molecule has 1 aliphatic heterocycles. The molecule has 2 aromatic rings. The van der Waals surface area contributed by atoms with Crippen molar-refractivity contribution in [2.24, 2.45) is 0 Å². The summed E-state index contributed by atoms with van der Waals surface area (Å²) in [5.41, 5.74) is 1.81. The van der Waals surface area contributed by atoms with Crippen molar-refractivity contribution < 1.29 is 18.3 Å². The summed E-state index contributed by atoms with van der Waals surface area (Å²) in [5.74, 6) is 0.0925. The Morgan fingerprint density at radius 2 is 2.00 bits per heavy atom. The Balaban J connectivity index is 2.04. The summed E-state index contributed by atoms with van der Waals surface area (Å²) in [6.45, 7) is 1.40. The van der Waals surface area contributed by atoms with E-state index in [9.17, 15) is 18.3 Å². The van der Waals surface area contributed by atoms with Gasteiger partial charge in [0.1, 0.15) is 16.5 Å². The molecule has 23 heavy (non-hydrogen) atoms. The zero-order chi connectivity index (χ0) is 16.8. The first kappa shape index (κ1) is 16.1. The molecule has 2 N–H and O–H groups in total. The van der Waals surface area contributed by atoms with E-state index in [1.54, 1.807) is 12.1 Å². The fraction of sp³-hybridized carbons (Fsp3) is 0.400. The number of aryl methyl sites for hydroxylation is 1. The van der Waals surface area contributed by atoms with Crippen molar-refractivity contribution in [3.8, 4) is 0 Å². The van der Waals surface area contributed by atoms with Gasteiger partial charge in [0, 0.05) is 6.42 Å². The Hall–Kier alpha value is -1.73. The van der Waals surface area contributed by atoms with Crippen molar-refractivity contribution in [2.75, 3.05) is 5.32 Å². The van der Waals surface area contributed by atoms with Crippen LogP contribution in [0.5, 0.6) is 0 Å². The molecule has 8 heteroatoms. The first-order valence-corrected chi connectivity index (χ1v) is 7.46. The summed E-state index contributed by atoms with van der Waals surface area (Å²) in [5, 5.41) is 16.1. The van der Waals surface area contributed by atoms with Crippen LogP contribution in [-0.4, -0.2) is 21.1 Å². The van der Waals surface area contributed by atoms with E-state index in [0.29, 0.717) is 0 Å². The van der Waals surface area contributed by atoms with E-state index in [-0.39, 0.29) is 23.0 Å². The Kier molecular flexibility index (Phi) is 4.01. The lowest BCUT2D eigenvalue weighted by atomic mass is 9.96. The van der Waals surface area contributed by atoms with Crippen LogP contribution in [0, 0.1) is 6.92 Å². The highest BCUT2D eigenvalue weighted by atomic mass is 35.5. The lowest BCUT2D eigenvalue weighted by Gasteiger charge is -2.33. The highest BCUT2D eigenvalue weighted by Gasteiger charge is 2.47. The van der Waals surface area contributed by atoms with Crippen LogP contribution in [0.2, 0.25) is 5.02 Å². The zero-order valence-corrected chi connectivity index (χ0v) is 13.0. The predicted molar refractivity (Wildman–Crippen MR) is 80.4 cm³/mol. The fourth-order valence-corrected chi connectivity index (χ4v) is 2.99. The van der Waals surface area contributed by atoms with Gasteiger partial charge in [0.05, 0.1) is 12.6 Å². The minimum absolute atomic E-state index is 0.0264. The van der Waals surface area contributed by atoms with Crippen LogP contribution < -0.4 is 5.32 Å². The third kappa shape index (κ3) is 2.90. The first-order valence-electron chi connectivity index (χ1n) is 7.09. The van der Waals surface area contributed by atoms with Gasteiger partial charge in [-0.3, -0.25) is 0 Å². The van der Waals surface area contributed by atoms with Crippen LogP contribution in [0.25, 0.3) is 0 Å². The van der Waals surface area contributed by atoms with Crippen LogP contribution in [0.4, 0.5) is 19.0 Å². The van der Waals surface area contributed by atoms with Crippen molar-refractivity contribution in [3.05, 3.63) is 46.1 Å². The molecule has 2 unspecified atom stereocenters. The third-order valence-corrected chi connectivity index (χ3v) is 4.39. The number of aromatic nitrogens is 2. The van der Waals surface area contributed by atoms with E-state index >= 15 is 0 Å². The van der Waals surface area contributed by atoms with Crippen molar-refractivity contribution in [1.29, 1.82) is 0 Å². The fourth-order valence-electron chi connectivity index (χ4n) is 2.75. The van der Waals surface area contributed by atoms with Gasteiger partial charge in [-0.2, -0.15) is 18.3 Å². The van der Waals surface area contributed by atoms with E-state index in [1.165, 1.54) is 0 Å². The summed E-state index contributed by atoms with van der Waals surface area (Å²) < 4.78 is 41.1. The van der Waals surface area contributed by atoms with Gasteiger partial charge in [0.15, 0.2) is 6.04 Å². The minimum atomic E-state index is -4.46. The summed E-state index contributed by atoms with van der Waals surface area (Å²) in [7, 11) is 0. The highest BCUT2D eigenvalue weighted by Crippen LogP contribution is 2.46. The van der Waals surface area contributed by atoms with Gasteiger partial charge in [-0.25, -0.2) is 4.68 Å². The second-order valence-corrected chi connectivity index (χ2v) is 5.99. The lowest BCUT2D eigenvalue weighted by Crippen LogP contribution is -2.35. The molecule has 2 heterocycles. The molecule has 0 amide bonds. The molecule has 4 nitrogen and oxygen atoms in total. The molecule has 0 spiro atoms. The number of anilines is 1. The maximum atomic E-state index is 13.4. The predicted octanol–water partition coefficient (Wildman–Crippen LogP) is 4.00. The molecule has 1 aliphatic rings. The standard InChI is InChI=1S/C15H15ClF3N3O/c1-8-2-4-9(5-3-8)10-6-12(15(17,18)19)22-14(20-10)13(16)11(7-23)21-22/h2-5,10,12,20,23H,6-7H2,1H3. The van der Waals surface area contributed by atoms with Gasteiger partial charge in [-0.15, -0.1) is 0 Å². The summed E-state index contributed by atoms with van der Waals surface area (Å²) in [6, 6.07) is 4.98. The molecule has 0 saturated heterocycles. The van der Waals surface area contributed by atoms with Gasteiger partial charge < -0.3 is 10.4 Å². The maximum Gasteiger partial charge on any atom is 0.410 e. The summed E-state index contributed by atoms with van der Waals surface area (Å²) >= 11 is 6.06. The third-order valence-electron chi connectivity index (χ3n) is 3.99. The van der Waals surface area contributed by atoms with Gasteiger partial charge in [-0.1, -0.05) is 41.4 Å². The molecular formula is C15H15ClF3N3O. The van der Waals surface area contributed by atoms with Crippen LogP contribution in [-0.2, 0) is 6.61 Å². The molecular weight excluding hydrogens is 331 g/mol. The Labute approximate surface area is 135 Å². The number of aliphatic hydroxyl groups is 1. The summed E-state index contributed by atoms with van der Waals surface area (Å²) in [4.78, 5) is 0. The van der Waals surface area contributed by atoms with E-state index in [2.05, 4.69) is 10.4 Å². The molecule has 0 saturated carbocycles. The smallest absolute Gasteiger partial charge is 0.390 e. The maximum absolute atomic E-state index is 13.4. The van der Waals surface area contributed by atoms with Crippen LogP contribution >= 0.6 is 11.6 Å². The van der Waals surface area contributed by atoms with E-state index in [1.807, 2.05) is 19.1 Å². The van der Waals surface area contributed by atoms with Gasteiger partial charge in [0.2, 0.25) is 0 Å². The number of fused-ring (bicyclic) bond motifs is 1. The number of benzene rings is 1. The van der Waals surface area contributed by atoms with E-state index in [0.717, 1.165) is 15.8 Å². The average Bonchev–Trinajstić information content (AvgIpc) is 2.82. The Bertz CT molecular complexity index is 712. The molecule has 1 aromatic carbocycles. The zero-order valence-electron chi connectivity index (χ0n) is 12.2. The number of nitrogens with one attached hydrogen (secondary N) is 1. The number of hydrogen-bond acceptors (Lipinski definition) is 3. The summed E-state index contributed by atoms with van der Waals surface area (Å²) in [6.07, 6.45) is -4.65. The SMILES string of the molecule is Cc1ccc(C2CC(C(F)(F)F)n3nc(CO)c(Cl)c3N2)cc1. The molecule has 0 bridgehead atoms. The largest absolute Gasteiger partial charge is 0.410 e. The van der Waals surface area contributed by atoms with Crippen molar-refractivity contribution in [1.82, 2.24) is 9.78 Å². The number of alkyl halides is 3. The molecule has 124 valence electrons. The van der Waals surface area contributed by atoms with E-state index in [4.69, 9.17) is 11.6 Å². The van der Waals surface area contributed by atoms with Gasteiger partial charge in [-0.05, 0) is 12.5 Å². The second kappa shape index (κ2) is 5.72. The topological polar surface area (TPSA) is 50.1 Å².